The topological polar surface area (TPSA) is 59.6 Å². The number of nitrogens with one attached hydrogen (secondary N) is 1. The molecule has 1 aliphatic heterocycles. The van der Waals surface area contributed by atoms with E-state index in [1.165, 1.54) is 0 Å². The van der Waals surface area contributed by atoms with E-state index in [1.807, 2.05) is 6.92 Å². The fourth-order valence-corrected chi connectivity index (χ4v) is 1.42. The molecule has 1 atom stereocenters. The molecule has 0 aromatic rings. The maximum absolute atomic E-state index is 5.51. The van der Waals surface area contributed by atoms with Crippen LogP contribution in [-0.2, 0) is 4.74 Å². The van der Waals surface area contributed by atoms with Gasteiger partial charge < -0.3 is 10.2 Å². The van der Waals surface area contributed by atoms with Crippen LogP contribution in [0.15, 0.2) is 4.99 Å². The highest BCUT2D eigenvalue weighted by atomic mass is 16.5. The Bertz CT molecular complexity index is 161. The van der Waals surface area contributed by atoms with Crippen LogP contribution in [0.3, 0.4) is 0 Å². The lowest BCUT2D eigenvalue weighted by Gasteiger charge is -2.24. The highest BCUT2D eigenvalue weighted by Gasteiger charge is 2.34. The lowest BCUT2D eigenvalue weighted by atomic mass is 10.0. The van der Waals surface area contributed by atoms with Gasteiger partial charge in [0.25, 0.3) is 0 Å². The SMILES string of the molecule is CN=C(NN)C1(C)CCCO1. The van der Waals surface area contributed by atoms with Gasteiger partial charge in [0, 0.05) is 13.7 Å². The number of ether oxygens (including phenoxy) is 1. The van der Waals surface area contributed by atoms with Crippen LogP contribution < -0.4 is 11.3 Å². The molecule has 1 heterocycles. The van der Waals surface area contributed by atoms with Gasteiger partial charge in [-0.25, -0.2) is 5.84 Å². The summed E-state index contributed by atoms with van der Waals surface area (Å²) in [7, 11) is 1.71. The lowest BCUT2D eigenvalue weighted by Crippen LogP contribution is -2.47. The normalized spacial score (nSPS) is 32.5. The van der Waals surface area contributed by atoms with E-state index in [9.17, 15) is 0 Å². The molecule has 1 unspecified atom stereocenters. The van der Waals surface area contributed by atoms with Crippen molar-refractivity contribution < 1.29 is 4.74 Å². The molecule has 0 radical (unpaired) electrons. The Hall–Kier alpha value is -0.610. The molecule has 64 valence electrons. The third-order valence-corrected chi connectivity index (χ3v) is 2.08. The minimum Gasteiger partial charge on any atom is -0.367 e. The zero-order valence-electron chi connectivity index (χ0n) is 7.05. The summed E-state index contributed by atoms with van der Waals surface area (Å²) in [6, 6.07) is 0. The predicted molar refractivity (Wildman–Crippen MR) is 44.3 cm³/mol. The van der Waals surface area contributed by atoms with E-state index in [1.54, 1.807) is 7.05 Å². The van der Waals surface area contributed by atoms with Crippen molar-refractivity contribution in [2.45, 2.75) is 25.4 Å². The van der Waals surface area contributed by atoms with E-state index < -0.39 is 0 Å². The highest BCUT2D eigenvalue weighted by Crippen LogP contribution is 2.25. The number of hydrogen-bond acceptors (Lipinski definition) is 3. The summed E-state index contributed by atoms with van der Waals surface area (Å²) in [5.74, 6) is 6.02. The molecule has 0 aromatic heterocycles. The zero-order valence-corrected chi connectivity index (χ0v) is 7.05. The van der Waals surface area contributed by atoms with Crippen molar-refractivity contribution in [1.82, 2.24) is 5.43 Å². The summed E-state index contributed by atoms with van der Waals surface area (Å²) in [6.45, 7) is 2.80. The van der Waals surface area contributed by atoms with Gasteiger partial charge >= 0.3 is 0 Å². The molecule has 0 amide bonds. The maximum atomic E-state index is 5.51. The van der Waals surface area contributed by atoms with Crippen molar-refractivity contribution in [3.05, 3.63) is 0 Å². The minimum absolute atomic E-state index is 0.274. The second-order valence-electron chi connectivity index (χ2n) is 2.90. The Morgan fingerprint density at radius 1 is 1.73 bits per heavy atom. The summed E-state index contributed by atoms with van der Waals surface area (Å²) in [5, 5.41) is 0. The van der Waals surface area contributed by atoms with Crippen LogP contribution >= 0.6 is 0 Å². The first-order valence-electron chi connectivity index (χ1n) is 3.81. The molecule has 0 aliphatic carbocycles. The van der Waals surface area contributed by atoms with E-state index in [0.29, 0.717) is 0 Å². The Morgan fingerprint density at radius 3 is 2.82 bits per heavy atom. The van der Waals surface area contributed by atoms with Gasteiger partial charge in [0.15, 0.2) is 0 Å². The second kappa shape index (κ2) is 3.19. The molecule has 4 heteroatoms. The van der Waals surface area contributed by atoms with Crippen LogP contribution in [0, 0.1) is 0 Å². The van der Waals surface area contributed by atoms with Crippen molar-refractivity contribution in [3.8, 4) is 0 Å². The molecular formula is C7H15N3O. The number of nitrogens with two attached hydrogens (primary N) is 1. The minimum atomic E-state index is -0.274. The van der Waals surface area contributed by atoms with Crippen molar-refractivity contribution in [3.63, 3.8) is 0 Å². The quantitative estimate of drug-likeness (QED) is 0.245. The third-order valence-electron chi connectivity index (χ3n) is 2.08. The zero-order chi connectivity index (χ0) is 8.32. The van der Waals surface area contributed by atoms with Crippen LogP contribution in [-0.4, -0.2) is 25.1 Å². The van der Waals surface area contributed by atoms with Gasteiger partial charge in [-0.2, -0.15) is 0 Å². The standard InChI is InChI=1S/C7H15N3O/c1-7(4-3-5-11-7)6(9-2)10-8/h3-5,8H2,1-2H3,(H,9,10). The van der Waals surface area contributed by atoms with Crippen LogP contribution in [0.1, 0.15) is 19.8 Å². The molecule has 0 spiro atoms. The number of amidine groups is 1. The average Bonchev–Trinajstić information content (AvgIpc) is 2.39. The first-order chi connectivity index (χ1) is 5.23. The van der Waals surface area contributed by atoms with Crippen molar-refractivity contribution >= 4 is 5.84 Å². The van der Waals surface area contributed by atoms with Crippen LogP contribution in [0.25, 0.3) is 0 Å². The smallest absolute Gasteiger partial charge is 0.143 e. The Morgan fingerprint density at radius 2 is 2.45 bits per heavy atom. The predicted octanol–water partition coefficient (Wildman–Crippen LogP) is 0.0471. The molecule has 1 saturated heterocycles. The first kappa shape index (κ1) is 8.49. The van der Waals surface area contributed by atoms with E-state index >= 15 is 0 Å². The van der Waals surface area contributed by atoms with Crippen molar-refractivity contribution in [2.75, 3.05) is 13.7 Å². The average molecular weight is 157 g/mol. The summed E-state index contributed by atoms with van der Waals surface area (Å²) in [5.41, 5.74) is 2.28. The monoisotopic (exact) mass is 157 g/mol. The van der Waals surface area contributed by atoms with Crippen molar-refractivity contribution in [2.24, 2.45) is 10.8 Å². The highest BCUT2D eigenvalue weighted by molar-refractivity contribution is 5.89. The van der Waals surface area contributed by atoms with Gasteiger partial charge in [-0.05, 0) is 19.8 Å². The Balaban J connectivity index is 2.69. The molecule has 11 heavy (non-hydrogen) atoms. The number of rotatable bonds is 1. The number of hydrogen-bond donors (Lipinski definition) is 2. The first-order valence-corrected chi connectivity index (χ1v) is 3.81. The number of aliphatic imine (C=N–C) groups is 1. The molecular weight excluding hydrogens is 142 g/mol. The van der Waals surface area contributed by atoms with E-state index in [0.717, 1.165) is 25.3 Å². The molecule has 1 aliphatic rings. The van der Waals surface area contributed by atoms with Gasteiger partial charge in [-0.3, -0.25) is 4.99 Å². The Kier molecular flexibility index (Phi) is 2.46. The maximum Gasteiger partial charge on any atom is 0.143 e. The summed E-state index contributed by atoms with van der Waals surface area (Å²) in [6.07, 6.45) is 2.07. The molecule has 0 saturated carbocycles. The van der Waals surface area contributed by atoms with E-state index in [4.69, 9.17) is 10.6 Å². The van der Waals surface area contributed by atoms with E-state index in [2.05, 4.69) is 10.4 Å². The molecule has 1 rings (SSSR count). The van der Waals surface area contributed by atoms with Gasteiger partial charge in [0.1, 0.15) is 11.4 Å². The lowest BCUT2D eigenvalue weighted by molar-refractivity contribution is 0.0746. The number of nitrogens with zero attached hydrogens (tertiary/aromatic N) is 1. The van der Waals surface area contributed by atoms with Crippen LogP contribution in [0.5, 0.6) is 0 Å². The number of hydrazine groups is 1. The van der Waals surface area contributed by atoms with Gasteiger partial charge in [0.2, 0.25) is 0 Å². The second-order valence-corrected chi connectivity index (χ2v) is 2.90. The van der Waals surface area contributed by atoms with Crippen molar-refractivity contribution in [1.29, 1.82) is 0 Å². The molecule has 1 fully saturated rings. The van der Waals surface area contributed by atoms with Gasteiger partial charge in [0.05, 0.1) is 0 Å². The Labute approximate surface area is 66.8 Å². The van der Waals surface area contributed by atoms with Crippen LogP contribution in [0.4, 0.5) is 0 Å². The van der Waals surface area contributed by atoms with E-state index in [-0.39, 0.29) is 5.60 Å². The largest absolute Gasteiger partial charge is 0.367 e. The fourth-order valence-electron chi connectivity index (χ4n) is 1.42. The summed E-state index contributed by atoms with van der Waals surface area (Å²) in [4.78, 5) is 4.02. The summed E-state index contributed by atoms with van der Waals surface area (Å²) >= 11 is 0. The molecule has 0 aromatic carbocycles. The van der Waals surface area contributed by atoms with Crippen LogP contribution in [0.2, 0.25) is 0 Å². The molecule has 3 N–H and O–H groups in total. The summed E-state index contributed by atoms with van der Waals surface area (Å²) < 4.78 is 5.51. The molecule has 0 bridgehead atoms. The third kappa shape index (κ3) is 1.52. The van der Waals surface area contributed by atoms with Gasteiger partial charge in [-0.1, -0.05) is 0 Å². The van der Waals surface area contributed by atoms with Gasteiger partial charge in [-0.15, -0.1) is 0 Å². The fraction of sp³-hybridized carbons (Fsp3) is 0.857. The molecule has 4 nitrogen and oxygen atoms in total.